The zero-order chi connectivity index (χ0) is 10.6. The zero-order valence-corrected chi connectivity index (χ0v) is 10.7. The molecule has 0 aromatic rings. The van der Waals surface area contributed by atoms with E-state index in [-0.39, 0.29) is 12.1 Å². The first-order valence-corrected chi connectivity index (χ1v) is 8.75. The summed E-state index contributed by atoms with van der Waals surface area (Å²) in [4.78, 5) is 10.9. The van der Waals surface area contributed by atoms with E-state index < -0.39 is 12.0 Å². The first kappa shape index (κ1) is 13.3. The van der Waals surface area contributed by atoms with E-state index in [1.807, 2.05) is 0 Å². The number of esters is 1. The number of ether oxygens (including phenoxy) is 1. The first-order chi connectivity index (χ1) is 5.75. The van der Waals surface area contributed by atoms with Gasteiger partial charge in [-0.2, -0.15) is 0 Å². The molecule has 0 aromatic heterocycles. The summed E-state index contributed by atoms with van der Waals surface area (Å²) in [6.07, 6.45) is 0. The van der Waals surface area contributed by atoms with Gasteiger partial charge in [0.25, 0.3) is 0 Å². The molecule has 0 radical (unpaired) electrons. The Kier molecular flexibility index (Phi) is 5.37. The second-order valence-corrected chi connectivity index (χ2v) is 12.0. The summed E-state index contributed by atoms with van der Waals surface area (Å²) >= 11 is 17.1. The van der Waals surface area contributed by atoms with E-state index >= 15 is 0 Å². The Bertz CT molecular complexity index is 212. The van der Waals surface area contributed by atoms with E-state index in [1.54, 1.807) is 13.8 Å². The quantitative estimate of drug-likeness (QED) is 0.336. The monoisotopic (exact) mass is 260 g/mol. The van der Waals surface area contributed by atoms with Gasteiger partial charge in [0.15, 0.2) is 0 Å². The lowest BCUT2D eigenvalue weighted by Crippen LogP contribution is -2.23. The van der Waals surface area contributed by atoms with Gasteiger partial charge in [-0.25, -0.2) is 4.79 Å². The number of hydrogen-bond acceptors (Lipinski definition) is 2. The van der Waals surface area contributed by atoms with Crippen LogP contribution in [-0.4, -0.2) is 18.6 Å². The summed E-state index contributed by atoms with van der Waals surface area (Å²) in [6.45, 7) is 6.88. The highest BCUT2D eigenvalue weighted by molar-refractivity contribution is 7.65. The van der Waals surface area contributed by atoms with E-state index in [9.17, 15) is 4.79 Å². The molecule has 6 heteroatoms. The fourth-order valence-electron chi connectivity index (χ4n) is 0.418. The van der Waals surface area contributed by atoms with Crippen LogP contribution in [0.5, 0.6) is 0 Å². The third kappa shape index (κ3) is 5.57. The van der Waals surface area contributed by atoms with Crippen molar-refractivity contribution in [3.05, 3.63) is 12.2 Å². The molecule has 1 atom stereocenters. The normalized spacial score (nSPS) is 13.6. The fraction of sp³-hybridized carbons (Fsp3) is 0.571. The topological polar surface area (TPSA) is 26.3 Å². The van der Waals surface area contributed by atoms with Crippen molar-refractivity contribution in [1.29, 1.82) is 0 Å². The van der Waals surface area contributed by atoms with Gasteiger partial charge in [0.2, 0.25) is 0 Å². The molecule has 1 unspecified atom stereocenters. The Morgan fingerprint density at radius 2 is 2.00 bits per heavy atom. The van der Waals surface area contributed by atoms with E-state index in [1.165, 1.54) is 0 Å². The van der Waals surface area contributed by atoms with Crippen molar-refractivity contribution < 1.29 is 9.53 Å². The summed E-state index contributed by atoms with van der Waals surface area (Å²) in [7, 11) is 0. The Labute approximate surface area is 92.9 Å². The van der Waals surface area contributed by atoms with Crippen molar-refractivity contribution in [2.45, 2.75) is 19.4 Å². The van der Waals surface area contributed by atoms with Crippen molar-refractivity contribution in [3.8, 4) is 0 Å². The van der Waals surface area contributed by atoms with Crippen LogP contribution in [0, 0.1) is 0 Å². The minimum Gasteiger partial charge on any atom is -0.462 e. The van der Waals surface area contributed by atoms with Crippen LogP contribution in [0.1, 0.15) is 13.8 Å². The van der Waals surface area contributed by atoms with E-state index in [2.05, 4.69) is 6.58 Å². The average molecular weight is 262 g/mol. The van der Waals surface area contributed by atoms with Gasteiger partial charge in [0.1, 0.15) is 0 Å². The SMILES string of the molecule is C=C(C)C(=O)OCC(C)[Si](Cl)(Cl)Cl. The van der Waals surface area contributed by atoms with Crippen molar-refractivity contribution in [1.82, 2.24) is 0 Å². The predicted molar refractivity (Wildman–Crippen MR) is 58.5 cm³/mol. The maximum atomic E-state index is 10.9. The van der Waals surface area contributed by atoms with Gasteiger partial charge in [0, 0.05) is 11.1 Å². The van der Waals surface area contributed by atoms with Crippen molar-refractivity contribution >= 4 is 45.2 Å². The molecule has 2 nitrogen and oxygen atoms in total. The summed E-state index contributed by atoms with van der Waals surface area (Å²) < 4.78 is 4.83. The van der Waals surface area contributed by atoms with Crippen LogP contribution in [0.2, 0.25) is 5.54 Å². The maximum absolute atomic E-state index is 10.9. The third-order valence-corrected chi connectivity index (χ3v) is 6.01. The molecule has 0 amide bonds. The predicted octanol–water partition coefficient (Wildman–Crippen LogP) is 3.15. The fourth-order valence-corrected chi connectivity index (χ4v) is 1.26. The molecule has 0 saturated carbocycles. The number of carbonyl (C=O) groups is 1. The smallest absolute Gasteiger partial charge is 0.347 e. The second-order valence-electron chi connectivity index (χ2n) is 2.82. The Morgan fingerprint density at radius 1 is 1.54 bits per heavy atom. The molecular formula is C7H11Cl3O2Si. The van der Waals surface area contributed by atoms with Crippen LogP contribution in [0.15, 0.2) is 12.2 Å². The van der Waals surface area contributed by atoms with Crippen molar-refractivity contribution in [3.63, 3.8) is 0 Å². The summed E-state index contributed by atoms with van der Waals surface area (Å²) in [6, 6.07) is -2.75. The van der Waals surface area contributed by atoms with Crippen LogP contribution in [0.25, 0.3) is 0 Å². The molecule has 13 heavy (non-hydrogen) atoms. The Balaban J connectivity index is 3.91. The zero-order valence-electron chi connectivity index (χ0n) is 7.44. The van der Waals surface area contributed by atoms with Gasteiger partial charge in [-0.3, -0.25) is 0 Å². The molecule has 0 aliphatic carbocycles. The third-order valence-electron chi connectivity index (χ3n) is 1.37. The highest BCUT2D eigenvalue weighted by Gasteiger charge is 2.34. The van der Waals surface area contributed by atoms with Crippen LogP contribution < -0.4 is 0 Å². The first-order valence-electron chi connectivity index (χ1n) is 3.64. The highest BCUT2D eigenvalue weighted by Crippen LogP contribution is 2.33. The molecule has 76 valence electrons. The number of halogens is 3. The van der Waals surface area contributed by atoms with Gasteiger partial charge < -0.3 is 4.74 Å². The summed E-state index contributed by atoms with van der Waals surface area (Å²) in [5, 5.41) is 0. The lowest BCUT2D eigenvalue weighted by molar-refractivity contribution is -0.138. The molecule has 0 aliphatic heterocycles. The van der Waals surface area contributed by atoms with Crippen LogP contribution in [0.4, 0.5) is 0 Å². The molecule has 0 fully saturated rings. The molecule has 0 aliphatic rings. The minimum absolute atomic E-state index is 0.133. The van der Waals surface area contributed by atoms with E-state index in [0.717, 1.165) is 0 Å². The van der Waals surface area contributed by atoms with Gasteiger partial charge in [-0.15, -0.1) is 33.2 Å². The van der Waals surface area contributed by atoms with Gasteiger partial charge >= 0.3 is 12.0 Å². The van der Waals surface area contributed by atoms with Crippen LogP contribution >= 0.6 is 33.2 Å². The van der Waals surface area contributed by atoms with Crippen molar-refractivity contribution in [2.75, 3.05) is 6.61 Å². The number of rotatable bonds is 4. The Hall–Kier alpha value is 0.297. The molecule has 0 bridgehead atoms. The average Bonchev–Trinajstić information content (AvgIpc) is 1.97. The lowest BCUT2D eigenvalue weighted by atomic mass is 10.4. The van der Waals surface area contributed by atoms with E-state index in [0.29, 0.717) is 5.57 Å². The van der Waals surface area contributed by atoms with Gasteiger partial charge in [-0.1, -0.05) is 13.5 Å². The van der Waals surface area contributed by atoms with Crippen molar-refractivity contribution in [2.24, 2.45) is 0 Å². The molecule has 0 heterocycles. The molecule has 0 rings (SSSR count). The standard InChI is InChI=1S/C7H11Cl3O2Si/c1-5(2)7(11)12-4-6(3)13(8,9)10/h6H,1,4H2,2-3H3. The summed E-state index contributed by atoms with van der Waals surface area (Å²) in [5.74, 6) is -0.449. The number of hydrogen-bond donors (Lipinski definition) is 0. The lowest BCUT2D eigenvalue weighted by Gasteiger charge is -2.16. The second kappa shape index (κ2) is 5.25. The highest BCUT2D eigenvalue weighted by atomic mass is 35.8. The molecule has 0 saturated heterocycles. The summed E-state index contributed by atoms with van der Waals surface area (Å²) in [5.41, 5.74) is 0.138. The minimum atomic E-state index is -2.75. The number of carbonyl (C=O) groups excluding carboxylic acids is 1. The van der Waals surface area contributed by atoms with Crippen LogP contribution in [0.3, 0.4) is 0 Å². The molecule has 0 N–H and O–H groups in total. The molecular weight excluding hydrogens is 251 g/mol. The van der Waals surface area contributed by atoms with Crippen LogP contribution in [-0.2, 0) is 9.53 Å². The largest absolute Gasteiger partial charge is 0.462 e. The molecule has 0 spiro atoms. The molecule has 0 aromatic carbocycles. The van der Waals surface area contributed by atoms with Gasteiger partial charge in [-0.05, 0) is 6.92 Å². The maximum Gasteiger partial charge on any atom is 0.347 e. The van der Waals surface area contributed by atoms with E-state index in [4.69, 9.17) is 38.0 Å². The van der Waals surface area contributed by atoms with Gasteiger partial charge in [0.05, 0.1) is 6.61 Å². The Morgan fingerprint density at radius 3 is 2.31 bits per heavy atom.